The van der Waals surface area contributed by atoms with Gasteiger partial charge in [-0.05, 0) is 68.0 Å². The van der Waals surface area contributed by atoms with Crippen molar-refractivity contribution in [3.63, 3.8) is 0 Å². The van der Waals surface area contributed by atoms with Gasteiger partial charge in [-0.2, -0.15) is 5.26 Å². The normalized spacial score (nSPS) is 27.6. The fourth-order valence-electron chi connectivity index (χ4n) is 6.32. The first-order valence-corrected chi connectivity index (χ1v) is 12.8. The van der Waals surface area contributed by atoms with E-state index in [2.05, 4.69) is 38.7 Å². The standard InChI is InChI=1S/C28H32N6O/c29-15-18-4-3-5-20(12-18)27-16-31-28(35-27)33-24-7-2-1-6-23(24)32-25-13-19-14-26(25)34(17-19)22-10-8-21(30)9-11-22/h3-5,8-12,16,19,23-26,32H,1-2,6-7,13-14,17,30H2,(H,31,33)/t19-,23-,24-,25+,26-/m1/s1. The average Bonchev–Trinajstić information content (AvgIpc) is 3.62. The molecule has 7 nitrogen and oxygen atoms in total. The molecule has 2 aromatic carbocycles. The molecule has 3 aliphatic rings. The van der Waals surface area contributed by atoms with Gasteiger partial charge in [-0.3, -0.25) is 0 Å². The third-order valence-electron chi connectivity index (χ3n) is 7.99. The van der Waals surface area contributed by atoms with Gasteiger partial charge in [0.15, 0.2) is 5.76 Å². The van der Waals surface area contributed by atoms with Gasteiger partial charge in [-0.15, -0.1) is 0 Å². The minimum Gasteiger partial charge on any atom is -0.424 e. The lowest BCUT2D eigenvalue weighted by Gasteiger charge is -2.40. The molecule has 0 unspecified atom stereocenters. The number of nitrogens with zero attached hydrogens (tertiary/aromatic N) is 3. The summed E-state index contributed by atoms with van der Waals surface area (Å²) in [6.45, 7) is 1.14. The van der Waals surface area contributed by atoms with Crippen LogP contribution in [0.5, 0.6) is 0 Å². The Bertz CT molecular complexity index is 1210. The summed E-state index contributed by atoms with van der Waals surface area (Å²) in [5.74, 6) is 1.43. The van der Waals surface area contributed by atoms with E-state index in [4.69, 9.17) is 10.2 Å². The van der Waals surface area contributed by atoms with E-state index in [1.54, 1.807) is 12.3 Å². The van der Waals surface area contributed by atoms with E-state index in [0.29, 0.717) is 35.5 Å². The number of oxazole rings is 1. The number of piperidine rings is 1. The predicted molar refractivity (Wildman–Crippen MR) is 138 cm³/mol. The van der Waals surface area contributed by atoms with Crippen LogP contribution in [0.1, 0.15) is 44.1 Å². The van der Waals surface area contributed by atoms with Gasteiger partial charge in [-0.25, -0.2) is 4.98 Å². The minimum absolute atomic E-state index is 0.282. The maximum atomic E-state index is 9.18. The summed E-state index contributed by atoms with van der Waals surface area (Å²) in [4.78, 5) is 7.07. The number of nitrogens with two attached hydrogens (primary N) is 1. The molecule has 0 radical (unpaired) electrons. The first kappa shape index (κ1) is 22.0. The summed E-state index contributed by atoms with van der Waals surface area (Å²) < 4.78 is 6.05. The van der Waals surface area contributed by atoms with Crippen molar-refractivity contribution in [2.75, 3.05) is 22.5 Å². The Morgan fingerprint density at radius 1 is 1.03 bits per heavy atom. The molecule has 2 heterocycles. The molecule has 0 spiro atoms. The molecule has 6 rings (SSSR count). The SMILES string of the molecule is N#Cc1cccc(-c2cnc(N[C@@H]3CCCC[C@H]3N[C@H]3C[C@@H]4C[C@H]3N(c3ccc(N)cc3)C4)o2)c1. The molecule has 180 valence electrons. The fraction of sp³-hybridized carbons (Fsp3) is 0.429. The van der Waals surface area contributed by atoms with Gasteiger partial charge >= 0.3 is 0 Å². The molecule has 3 aromatic rings. The topological polar surface area (TPSA) is 103 Å². The number of anilines is 3. The lowest BCUT2D eigenvalue weighted by atomic mass is 9.89. The Balaban J connectivity index is 1.13. The number of nitrogen functional groups attached to an aromatic ring is 1. The van der Waals surface area contributed by atoms with Gasteiger partial charge < -0.3 is 25.7 Å². The molecule has 1 aliphatic heterocycles. The van der Waals surface area contributed by atoms with E-state index in [0.717, 1.165) is 36.6 Å². The molecule has 5 atom stereocenters. The van der Waals surface area contributed by atoms with Crippen LogP contribution >= 0.6 is 0 Å². The summed E-state index contributed by atoms with van der Waals surface area (Å²) in [7, 11) is 0. The van der Waals surface area contributed by atoms with Gasteiger partial charge in [0.1, 0.15) is 0 Å². The van der Waals surface area contributed by atoms with E-state index in [1.807, 2.05) is 30.3 Å². The van der Waals surface area contributed by atoms with Crippen LogP contribution in [0.3, 0.4) is 0 Å². The maximum absolute atomic E-state index is 9.18. The molecule has 1 aromatic heterocycles. The molecule has 35 heavy (non-hydrogen) atoms. The molecule has 2 saturated carbocycles. The molecule has 0 amide bonds. The molecule has 7 heteroatoms. The second-order valence-corrected chi connectivity index (χ2v) is 10.3. The second kappa shape index (κ2) is 9.27. The van der Waals surface area contributed by atoms with Crippen LogP contribution in [0.4, 0.5) is 17.4 Å². The monoisotopic (exact) mass is 468 g/mol. The molecule has 2 bridgehead atoms. The number of fused-ring (bicyclic) bond motifs is 2. The average molecular weight is 469 g/mol. The molecule has 1 saturated heterocycles. The van der Waals surface area contributed by atoms with Crippen molar-refractivity contribution in [3.05, 3.63) is 60.3 Å². The fourth-order valence-corrected chi connectivity index (χ4v) is 6.32. The number of aromatic nitrogens is 1. The minimum atomic E-state index is 0.282. The highest BCUT2D eigenvalue weighted by molar-refractivity contribution is 5.60. The quantitative estimate of drug-likeness (QED) is 0.448. The van der Waals surface area contributed by atoms with Gasteiger partial charge in [0.2, 0.25) is 0 Å². The van der Waals surface area contributed by atoms with Crippen molar-refractivity contribution in [2.45, 2.75) is 62.7 Å². The van der Waals surface area contributed by atoms with E-state index >= 15 is 0 Å². The lowest BCUT2D eigenvalue weighted by Crippen LogP contribution is -2.56. The molecule has 2 aliphatic carbocycles. The molecular formula is C28H32N6O. The number of hydrogen-bond donors (Lipinski definition) is 3. The number of nitrogens with one attached hydrogen (secondary N) is 2. The highest BCUT2D eigenvalue weighted by Gasteiger charge is 2.46. The largest absolute Gasteiger partial charge is 0.424 e. The summed E-state index contributed by atoms with van der Waals surface area (Å²) in [6, 6.07) is 20.2. The van der Waals surface area contributed by atoms with Crippen molar-refractivity contribution in [1.82, 2.24) is 10.3 Å². The highest BCUT2D eigenvalue weighted by atomic mass is 16.4. The van der Waals surface area contributed by atoms with Gasteiger partial charge in [-0.1, -0.05) is 25.0 Å². The lowest BCUT2D eigenvalue weighted by molar-refractivity contribution is 0.287. The van der Waals surface area contributed by atoms with Crippen LogP contribution in [0.25, 0.3) is 11.3 Å². The third kappa shape index (κ3) is 4.46. The van der Waals surface area contributed by atoms with Gasteiger partial charge in [0.25, 0.3) is 6.01 Å². The Morgan fingerprint density at radius 2 is 1.86 bits per heavy atom. The molecule has 3 fully saturated rings. The Morgan fingerprint density at radius 3 is 2.66 bits per heavy atom. The molecule has 4 N–H and O–H groups in total. The third-order valence-corrected chi connectivity index (χ3v) is 7.99. The molecular weight excluding hydrogens is 436 g/mol. The summed E-state index contributed by atoms with van der Waals surface area (Å²) >= 11 is 0. The Kier molecular flexibility index (Phi) is 5.83. The summed E-state index contributed by atoms with van der Waals surface area (Å²) in [5.41, 5.74) is 9.50. The zero-order valence-corrected chi connectivity index (χ0v) is 19.9. The Hall–Kier alpha value is -3.50. The first-order chi connectivity index (χ1) is 17.2. The van der Waals surface area contributed by atoms with Crippen molar-refractivity contribution in [3.8, 4) is 17.4 Å². The highest BCUT2D eigenvalue weighted by Crippen LogP contribution is 2.41. The van der Waals surface area contributed by atoms with Crippen LogP contribution in [0.2, 0.25) is 0 Å². The van der Waals surface area contributed by atoms with Crippen molar-refractivity contribution in [1.29, 1.82) is 5.26 Å². The van der Waals surface area contributed by atoms with Gasteiger partial charge in [0.05, 0.1) is 17.8 Å². The van der Waals surface area contributed by atoms with Crippen LogP contribution in [0, 0.1) is 17.2 Å². The van der Waals surface area contributed by atoms with Crippen LogP contribution in [-0.4, -0.2) is 35.7 Å². The zero-order valence-electron chi connectivity index (χ0n) is 19.9. The van der Waals surface area contributed by atoms with Crippen molar-refractivity contribution >= 4 is 17.4 Å². The van der Waals surface area contributed by atoms with Crippen LogP contribution in [-0.2, 0) is 0 Å². The van der Waals surface area contributed by atoms with E-state index in [9.17, 15) is 5.26 Å². The summed E-state index contributed by atoms with van der Waals surface area (Å²) in [5, 5.41) is 16.8. The van der Waals surface area contributed by atoms with Crippen LogP contribution < -0.4 is 21.3 Å². The first-order valence-electron chi connectivity index (χ1n) is 12.8. The predicted octanol–water partition coefficient (Wildman–Crippen LogP) is 4.78. The van der Waals surface area contributed by atoms with E-state index in [-0.39, 0.29) is 6.04 Å². The number of hydrogen-bond acceptors (Lipinski definition) is 7. The zero-order chi connectivity index (χ0) is 23.8. The van der Waals surface area contributed by atoms with E-state index in [1.165, 1.54) is 31.4 Å². The van der Waals surface area contributed by atoms with Crippen LogP contribution in [0.15, 0.2) is 59.1 Å². The number of rotatable bonds is 6. The number of nitriles is 1. The van der Waals surface area contributed by atoms with Crippen molar-refractivity contribution < 1.29 is 4.42 Å². The van der Waals surface area contributed by atoms with Crippen molar-refractivity contribution in [2.24, 2.45) is 5.92 Å². The van der Waals surface area contributed by atoms with Gasteiger partial charge in [0, 0.05) is 47.7 Å². The maximum Gasteiger partial charge on any atom is 0.295 e. The number of benzene rings is 2. The second-order valence-electron chi connectivity index (χ2n) is 10.3. The Labute approximate surface area is 206 Å². The summed E-state index contributed by atoms with van der Waals surface area (Å²) in [6.07, 6.45) is 8.96. The van der Waals surface area contributed by atoms with E-state index < -0.39 is 0 Å². The smallest absolute Gasteiger partial charge is 0.295 e.